The van der Waals surface area contributed by atoms with Gasteiger partial charge in [0.15, 0.2) is 0 Å². The van der Waals surface area contributed by atoms with E-state index in [9.17, 15) is 13.2 Å². The number of hydrogen-bond acceptors (Lipinski definition) is 4. The molecule has 1 saturated heterocycles. The van der Waals surface area contributed by atoms with Gasteiger partial charge >= 0.3 is 5.97 Å². The van der Waals surface area contributed by atoms with Gasteiger partial charge in [-0.05, 0) is 19.9 Å². The summed E-state index contributed by atoms with van der Waals surface area (Å²) in [4.78, 5) is 10.8. The molecular formula is C10H21N3O4S. The highest BCUT2D eigenvalue weighted by Gasteiger charge is 2.32. The predicted octanol–water partition coefficient (Wildman–Crippen LogP) is -0.821. The van der Waals surface area contributed by atoms with Crippen LogP contribution in [0.5, 0.6) is 0 Å². The molecule has 1 rings (SSSR count). The maximum absolute atomic E-state index is 12.1. The molecule has 0 saturated carbocycles. The molecule has 106 valence electrons. The Labute approximate surface area is 108 Å². The van der Waals surface area contributed by atoms with Gasteiger partial charge in [-0.3, -0.25) is 4.79 Å². The number of carbonyl (C=O) groups is 1. The van der Waals surface area contributed by atoms with Gasteiger partial charge in [-0.25, -0.2) is 0 Å². The largest absolute Gasteiger partial charge is 0.481 e. The zero-order valence-corrected chi connectivity index (χ0v) is 11.6. The minimum absolute atomic E-state index is 0.281. The van der Waals surface area contributed by atoms with Crippen molar-refractivity contribution in [1.82, 2.24) is 13.9 Å². The fourth-order valence-corrected chi connectivity index (χ4v) is 3.30. The van der Waals surface area contributed by atoms with Crippen LogP contribution in [0.2, 0.25) is 0 Å². The number of piperidine rings is 1. The van der Waals surface area contributed by atoms with E-state index < -0.39 is 22.1 Å². The molecule has 1 heterocycles. The van der Waals surface area contributed by atoms with Crippen LogP contribution < -0.4 is 5.32 Å². The molecule has 0 aromatic heterocycles. The Bertz CT molecular complexity index is 377. The second-order valence-corrected chi connectivity index (χ2v) is 6.48. The molecule has 7 nitrogen and oxygen atoms in total. The number of hydrogen-bond donors (Lipinski definition) is 2. The third kappa shape index (κ3) is 3.64. The van der Waals surface area contributed by atoms with E-state index in [0.717, 1.165) is 0 Å². The monoisotopic (exact) mass is 279 g/mol. The highest BCUT2D eigenvalue weighted by atomic mass is 32.2. The van der Waals surface area contributed by atoms with Gasteiger partial charge in [0.25, 0.3) is 10.2 Å². The lowest BCUT2D eigenvalue weighted by atomic mass is 9.99. The Balaban J connectivity index is 2.57. The summed E-state index contributed by atoms with van der Waals surface area (Å²) >= 11 is 0. The first-order chi connectivity index (χ1) is 8.39. The average Bonchev–Trinajstić information content (AvgIpc) is 2.35. The van der Waals surface area contributed by atoms with Gasteiger partial charge in [0.2, 0.25) is 0 Å². The normalized spacial score (nSPS) is 19.3. The number of likely N-dealkylation sites (N-methyl/N-ethyl adjacent to an activating group) is 2. The third-order valence-corrected chi connectivity index (χ3v) is 5.19. The summed E-state index contributed by atoms with van der Waals surface area (Å²) in [6.45, 7) is 1.55. The van der Waals surface area contributed by atoms with Crippen LogP contribution in [0.4, 0.5) is 0 Å². The maximum atomic E-state index is 12.1. The van der Waals surface area contributed by atoms with Crippen LogP contribution in [-0.2, 0) is 15.0 Å². The molecule has 0 aromatic carbocycles. The van der Waals surface area contributed by atoms with E-state index in [1.54, 1.807) is 7.05 Å². The summed E-state index contributed by atoms with van der Waals surface area (Å²) in [6.07, 6.45) is 0.767. The summed E-state index contributed by atoms with van der Waals surface area (Å²) in [6, 6.07) is 0. The molecule has 1 aliphatic rings. The van der Waals surface area contributed by atoms with Crippen molar-refractivity contribution in [2.24, 2.45) is 5.92 Å². The summed E-state index contributed by atoms with van der Waals surface area (Å²) in [5.74, 6) is -1.25. The van der Waals surface area contributed by atoms with E-state index in [-0.39, 0.29) is 13.1 Å². The average molecular weight is 279 g/mol. The topological polar surface area (TPSA) is 90.0 Å². The van der Waals surface area contributed by atoms with Crippen molar-refractivity contribution in [3.8, 4) is 0 Å². The first-order valence-corrected chi connectivity index (χ1v) is 7.38. The Morgan fingerprint density at radius 1 is 1.44 bits per heavy atom. The Hall–Kier alpha value is -0.700. The first kappa shape index (κ1) is 15.4. The maximum Gasteiger partial charge on any atom is 0.306 e. The van der Waals surface area contributed by atoms with Crippen LogP contribution in [0.25, 0.3) is 0 Å². The molecule has 0 spiro atoms. The van der Waals surface area contributed by atoms with Crippen LogP contribution in [0.3, 0.4) is 0 Å². The summed E-state index contributed by atoms with van der Waals surface area (Å²) in [5.41, 5.74) is 0. The van der Waals surface area contributed by atoms with E-state index in [0.29, 0.717) is 25.9 Å². The molecule has 0 bridgehead atoms. The van der Waals surface area contributed by atoms with Crippen LogP contribution in [0.15, 0.2) is 0 Å². The van der Waals surface area contributed by atoms with Crippen LogP contribution in [-0.4, -0.2) is 68.4 Å². The van der Waals surface area contributed by atoms with Gasteiger partial charge in [0, 0.05) is 33.2 Å². The lowest BCUT2D eigenvalue weighted by Gasteiger charge is -2.32. The zero-order valence-electron chi connectivity index (χ0n) is 10.8. The predicted molar refractivity (Wildman–Crippen MR) is 67.4 cm³/mol. The quantitative estimate of drug-likeness (QED) is 0.663. The molecule has 1 aliphatic heterocycles. The molecule has 2 N–H and O–H groups in total. The minimum atomic E-state index is -3.45. The van der Waals surface area contributed by atoms with Crippen molar-refractivity contribution in [3.63, 3.8) is 0 Å². The molecule has 8 heteroatoms. The molecule has 18 heavy (non-hydrogen) atoms. The van der Waals surface area contributed by atoms with Gasteiger partial charge in [-0.2, -0.15) is 17.0 Å². The number of rotatable bonds is 6. The molecular weight excluding hydrogens is 258 g/mol. The van der Waals surface area contributed by atoms with Crippen molar-refractivity contribution < 1.29 is 18.3 Å². The van der Waals surface area contributed by atoms with E-state index in [4.69, 9.17) is 5.11 Å². The van der Waals surface area contributed by atoms with Crippen molar-refractivity contribution >= 4 is 16.2 Å². The van der Waals surface area contributed by atoms with Crippen molar-refractivity contribution in [2.75, 3.05) is 40.3 Å². The molecule has 0 aromatic rings. The van der Waals surface area contributed by atoms with Crippen molar-refractivity contribution in [3.05, 3.63) is 0 Å². The molecule has 0 amide bonds. The highest BCUT2D eigenvalue weighted by Crippen LogP contribution is 2.20. The standard InChI is InChI=1S/C10H21N3O4S/c1-11-5-8-12(2)18(16,17)13-6-3-9(4-7-13)10(14)15/h9,11H,3-8H2,1-2H3,(H,14,15). The smallest absolute Gasteiger partial charge is 0.306 e. The van der Waals surface area contributed by atoms with Gasteiger partial charge in [0.1, 0.15) is 0 Å². The van der Waals surface area contributed by atoms with Crippen molar-refractivity contribution in [1.29, 1.82) is 0 Å². The highest BCUT2D eigenvalue weighted by molar-refractivity contribution is 7.86. The zero-order chi connectivity index (χ0) is 13.8. The van der Waals surface area contributed by atoms with Crippen LogP contribution >= 0.6 is 0 Å². The van der Waals surface area contributed by atoms with Crippen LogP contribution in [0, 0.1) is 5.92 Å². The number of carboxylic acids is 1. The van der Waals surface area contributed by atoms with E-state index in [1.165, 1.54) is 15.7 Å². The number of carboxylic acid groups (broad SMARTS) is 1. The summed E-state index contributed by atoms with van der Waals surface area (Å²) < 4.78 is 26.9. The molecule has 0 atom stereocenters. The second kappa shape index (κ2) is 6.46. The van der Waals surface area contributed by atoms with Gasteiger partial charge < -0.3 is 10.4 Å². The van der Waals surface area contributed by atoms with E-state index >= 15 is 0 Å². The van der Waals surface area contributed by atoms with Crippen LogP contribution in [0.1, 0.15) is 12.8 Å². The Kier molecular flexibility index (Phi) is 5.51. The number of aliphatic carboxylic acids is 1. The molecule has 0 radical (unpaired) electrons. The Morgan fingerprint density at radius 3 is 2.44 bits per heavy atom. The van der Waals surface area contributed by atoms with Gasteiger partial charge in [0.05, 0.1) is 5.92 Å². The summed E-state index contributed by atoms with van der Waals surface area (Å²) in [7, 11) is -0.149. The van der Waals surface area contributed by atoms with Gasteiger partial charge in [-0.15, -0.1) is 0 Å². The second-order valence-electron chi connectivity index (χ2n) is 4.44. The Morgan fingerprint density at radius 2 is 2.00 bits per heavy atom. The lowest BCUT2D eigenvalue weighted by molar-refractivity contribution is -0.142. The van der Waals surface area contributed by atoms with Crippen molar-refractivity contribution in [2.45, 2.75) is 12.8 Å². The third-order valence-electron chi connectivity index (χ3n) is 3.20. The van der Waals surface area contributed by atoms with E-state index in [2.05, 4.69) is 5.32 Å². The lowest BCUT2D eigenvalue weighted by Crippen LogP contribution is -2.47. The fraction of sp³-hybridized carbons (Fsp3) is 0.900. The number of nitrogens with zero attached hydrogens (tertiary/aromatic N) is 2. The fourth-order valence-electron chi connectivity index (χ4n) is 1.92. The number of nitrogens with one attached hydrogen (secondary N) is 1. The van der Waals surface area contributed by atoms with Gasteiger partial charge in [-0.1, -0.05) is 0 Å². The SMILES string of the molecule is CNCCN(C)S(=O)(=O)N1CCC(C(=O)O)CC1. The molecule has 0 unspecified atom stereocenters. The van der Waals surface area contributed by atoms with E-state index in [1.807, 2.05) is 0 Å². The summed E-state index contributed by atoms with van der Waals surface area (Å²) in [5, 5.41) is 11.8. The minimum Gasteiger partial charge on any atom is -0.481 e. The molecule has 0 aliphatic carbocycles. The first-order valence-electron chi connectivity index (χ1n) is 5.98. The molecule has 1 fully saturated rings.